The summed E-state index contributed by atoms with van der Waals surface area (Å²) in [6.45, 7) is 12.4. The molecule has 0 atom stereocenters. The Bertz CT molecular complexity index is 1290. The average Bonchev–Trinajstić information content (AvgIpc) is 2.72. The van der Waals surface area contributed by atoms with Gasteiger partial charge in [0.2, 0.25) is 0 Å². The fraction of sp³-hybridized carbons (Fsp3) is 0.296. The summed E-state index contributed by atoms with van der Waals surface area (Å²) in [5.74, 6) is -0.901. The van der Waals surface area contributed by atoms with Crippen LogP contribution in [0.3, 0.4) is 0 Å². The number of thiocarbonyl (C=S) groups is 1. The molecule has 1 saturated heterocycles. The molecule has 0 aromatic heterocycles. The summed E-state index contributed by atoms with van der Waals surface area (Å²) in [5.41, 5.74) is 8.01. The van der Waals surface area contributed by atoms with Crippen LogP contribution in [0.1, 0.15) is 48.6 Å². The molecule has 0 aliphatic carbocycles. The van der Waals surface area contributed by atoms with E-state index in [0.29, 0.717) is 5.69 Å². The maximum absolute atomic E-state index is 13.4. The fourth-order valence-corrected chi connectivity index (χ4v) is 4.67. The van der Waals surface area contributed by atoms with E-state index in [1.807, 2.05) is 39.0 Å². The first-order chi connectivity index (χ1) is 15.4. The Hall–Kier alpha value is -3.25. The maximum Gasteiger partial charge on any atom is 0.270 e. The van der Waals surface area contributed by atoms with Gasteiger partial charge in [-0.05, 0) is 112 Å². The maximum atomic E-state index is 13.4. The predicted molar refractivity (Wildman–Crippen MR) is 139 cm³/mol. The predicted octanol–water partition coefficient (Wildman–Crippen LogP) is 5.07. The number of allylic oxidation sites excluding steroid dienone is 1. The first-order valence-corrected chi connectivity index (χ1v) is 11.4. The Morgan fingerprint density at radius 2 is 1.67 bits per heavy atom. The number of nitrogens with zero attached hydrogens (tertiary/aromatic N) is 2. The van der Waals surface area contributed by atoms with Crippen molar-refractivity contribution in [3.8, 4) is 0 Å². The van der Waals surface area contributed by atoms with Gasteiger partial charge in [0, 0.05) is 18.3 Å². The highest BCUT2D eigenvalue weighted by Gasteiger charge is 2.35. The minimum Gasteiger partial charge on any atom is -0.365 e. The van der Waals surface area contributed by atoms with Gasteiger partial charge in [0.25, 0.3) is 11.8 Å². The highest BCUT2D eigenvalue weighted by molar-refractivity contribution is 7.80. The lowest BCUT2D eigenvalue weighted by Crippen LogP contribution is -2.54. The highest BCUT2D eigenvalue weighted by Crippen LogP contribution is 2.39. The van der Waals surface area contributed by atoms with Crippen molar-refractivity contribution < 1.29 is 9.59 Å². The standard InChI is InChI=1S/C27H29N3O2S/c1-15-8-9-20(10-16(15)2)30-25(32)22(24(31)28-26(30)33)13-19-12-21-18(4)14-27(5,6)29(7)23(21)11-17(19)3/h8-14H,1-7H3,(H,28,31,33)/b22-13+. The Morgan fingerprint density at radius 3 is 2.33 bits per heavy atom. The van der Waals surface area contributed by atoms with Crippen molar-refractivity contribution in [2.24, 2.45) is 0 Å². The van der Waals surface area contributed by atoms with Gasteiger partial charge < -0.3 is 4.90 Å². The molecule has 2 heterocycles. The normalized spacial score (nSPS) is 18.9. The van der Waals surface area contributed by atoms with E-state index in [4.69, 9.17) is 12.2 Å². The van der Waals surface area contributed by atoms with Crippen LogP contribution in [0.5, 0.6) is 0 Å². The number of hydrogen-bond acceptors (Lipinski definition) is 4. The Morgan fingerprint density at radius 1 is 0.970 bits per heavy atom. The van der Waals surface area contributed by atoms with Gasteiger partial charge in [0.05, 0.1) is 11.2 Å². The fourth-order valence-electron chi connectivity index (χ4n) is 4.39. The second-order valence-corrected chi connectivity index (χ2v) is 9.88. The van der Waals surface area contributed by atoms with Gasteiger partial charge in [-0.1, -0.05) is 12.1 Å². The Kier molecular flexibility index (Phi) is 5.53. The molecule has 0 unspecified atom stereocenters. The SMILES string of the molecule is CC1=CC(C)(C)N(C)c2cc(C)c(/C=C3\C(=O)NC(=S)N(c4ccc(C)c(C)c4)C3=O)cc21. The molecule has 0 bridgehead atoms. The summed E-state index contributed by atoms with van der Waals surface area (Å²) in [6.07, 6.45) is 3.91. The molecule has 170 valence electrons. The van der Waals surface area contributed by atoms with E-state index in [2.05, 4.69) is 56.2 Å². The number of nitrogens with one attached hydrogen (secondary N) is 1. The van der Waals surface area contributed by atoms with Crippen molar-refractivity contribution >= 4 is 52.2 Å². The Balaban J connectivity index is 1.79. The van der Waals surface area contributed by atoms with Crippen molar-refractivity contribution in [1.29, 1.82) is 0 Å². The molecule has 2 aromatic rings. The number of amides is 2. The van der Waals surface area contributed by atoms with E-state index in [0.717, 1.165) is 33.5 Å². The lowest BCUT2D eigenvalue weighted by Gasteiger charge is -2.41. The summed E-state index contributed by atoms with van der Waals surface area (Å²) in [7, 11) is 2.08. The van der Waals surface area contributed by atoms with Crippen LogP contribution in [-0.2, 0) is 9.59 Å². The summed E-state index contributed by atoms with van der Waals surface area (Å²) in [6, 6.07) is 9.88. The number of likely N-dealkylation sites (N-methyl/N-ethyl adjacent to an activating group) is 1. The van der Waals surface area contributed by atoms with E-state index >= 15 is 0 Å². The van der Waals surface area contributed by atoms with E-state index < -0.39 is 11.8 Å². The average molecular weight is 460 g/mol. The summed E-state index contributed by atoms with van der Waals surface area (Å²) in [5, 5.41) is 2.77. The summed E-state index contributed by atoms with van der Waals surface area (Å²) >= 11 is 5.35. The minimum atomic E-state index is -0.479. The van der Waals surface area contributed by atoms with E-state index in [9.17, 15) is 9.59 Å². The van der Waals surface area contributed by atoms with Gasteiger partial charge in [-0.15, -0.1) is 0 Å². The lowest BCUT2D eigenvalue weighted by molar-refractivity contribution is -0.122. The zero-order valence-electron chi connectivity index (χ0n) is 20.2. The van der Waals surface area contributed by atoms with Crippen LogP contribution in [0.15, 0.2) is 42.0 Å². The minimum absolute atomic E-state index is 0.0657. The molecular formula is C27H29N3O2S. The number of rotatable bonds is 2. The summed E-state index contributed by atoms with van der Waals surface area (Å²) < 4.78 is 0. The van der Waals surface area contributed by atoms with Crippen LogP contribution in [0.4, 0.5) is 11.4 Å². The van der Waals surface area contributed by atoms with E-state index in [-0.39, 0.29) is 16.2 Å². The number of carbonyl (C=O) groups excluding carboxylic acids is 2. The molecule has 0 radical (unpaired) electrons. The smallest absolute Gasteiger partial charge is 0.270 e. The van der Waals surface area contributed by atoms with Crippen LogP contribution in [0.2, 0.25) is 0 Å². The second kappa shape index (κ2) is 7.96. The van der Waals surface area contributed by atoms with Gasteiger partial charge in [-0.3, -0.25) is 19.8 Å². The molecule has 0 spiro atoms. The zero-order valence-corrected chi connectivity index (χ0v) is 21.0. The van der Waals surface area contributed by atoms with Crippen LogP contribution < -0.4 is 15.1 Å². The third-order valence-electron chi connectivity index (χ3n) is 6.75. The molecule has 2 aliphatic rings. The van der Waals surface area contributed by atoms with E-state index in [1.165, 1.54) is 10.5 Å². The third kappa shape index (κ3) is 3.89. The number of anilines is 2. The quantitative estimate of drug-likeness (QED) is 0.387. The monoisotopic (exact) mass is 459 g/mol. The van der Waals surface area contributed by atoms with Crippen LogP contribution in [0, 0.1) is 20.8 Å². The largest absolute Gasteiger partial charge is 0.365 e. The van der Waals surface area contributed by atoms with Crippen molar-refractivity contribution in [3.63, 3.8) is 0 Å². The third-order valence-corrected chi connectivity index (χ3v) is 7.04. The molecular weight excluding hydrogens is 430 g/mol. The van der Waals surface area contributed by atoms with Gasteiger partial charge in [0.1, 0.15) is 5.57 Å². The van der Waals surface area contributed by atoms with E-state index in [1.54, 1.807) is 6.08 Å². The lowest BCUT2D eigenvalue weighted by atomic mass is 9.87. The topological polar surface area (TPSA) is 52.7 Å². The van der Waals surface area contributed by atoms with Gasteiger partial charge in [-0.25, -0.2) is 0 Å². The van der Waals surface area contributed by atoms with Crippen LogP contribution in [0.25, 0.3) is 11.6 Å². The molecule has 1 N–H and O–H groups in total. The van der Waals surface area contributed by atoms with Crippen molar-refractivity contribution in [3.05, 3.63) is 69.8 Å². The van der Waals surface area contributed by atoms with Gasteiger partial charge in [-0.2, -0.15) is 0 Å². The molecule has 2 aliphatic heterocycles. The second-order valence-electron chi connectivity index (χ2n) is 9.49. The molecule has 1 fully saturated rings. The first kappa shape index (κ1) is 22.9. The molecule has 5 nitrogen and oxygen atoms in total. The van der Waals surface area contributed by atoms with Gasteiger partial charge >= 0.3 is 0 Å². The van der Waals surface area contributed by atoms with Crippen LogP contribution >= 0.6 is 12.2 Å². The molecule has 33 heavy (non-hydrogen) atoms. The van der Waals surface area contributed by atoms with Crippen molar-refractivity contribution in [1.82, 2.24) is 5.32 Å². The summed E-state index contributed by atoms with van der Waals surface area (Å²) in [4.78, 5) is 29.9. The van der Waals surface area contributed by atoms with Crippen molar-refractivity contribution in [2.45, 2.75) is 47.1 Å². The molecule has 0 saturated carbocycles. The molecule has 4 rings (SSSR count). The number of aryl methyl sites for hydroxylation is 3. The van der Waals surface area contributed by atoms with Crippen molar-refractivity contribution in [2.75, 3.05) is 16.8 Å². The molecule has 2 aromatic carbocycles. The van der Waals surface area contributed by atoms with Gasteiger partial charge in [0.15, 0.2) is 5.11 Å². The first-order valence-electron chi connectivity index (χ1n) is 11.0. The number of fused-ring (bicyclic) bond motifs is 1. The molecule has 2 amide bonds. The number of carbonyl (C=O) groups is 2. The zero-order chi connectivity index (χ0) is 24.2. The highest BCUT2D eigenvalue weighted by atomic mass is 32.1. The number of hydrogen-bond donors (Lipinski definition) is 1. The number of benzene rings is 2. The Labute approximate surface area is 200 Å². The van der Waals surface area contributed by atoms with Crippen LogP contribution in [-0.4, -0.2) is 29.5 Å². The molecule has 6 heteroatoms.